The van der Waals surface area contributed by atoms with Gasteiger partial charge in [-0.15, -0.1) is 0 Å². The molecule has 3 heterocycles. The van der Waals surface area contributed by atoms with E-state index in [1.807, 2.05) is 6.92 Å². The number of hydrogen-bond acceptors (Lipinski definition) is 8. The van der Waals surface area contributed by atoms with Crippen LogP contribution >= 0.6 is 0 Å². The summed E-state index contributed by atoms with van der Waals surface area (Å²) in [7, 11) is -5.68. The summed E-state index contributed by atoms with van der Waals surface area (Å²) in [6.45, 7) is 21.3. The van der Waals surface area contributed by atoms with Crippen LogP contribution in [0.5, 0.6) is 5.88 Å². The van der Waals surface area contributed by atoms with E-state index in [1.165, 1.54) is 4.57 Å². The molecular weight excluding hydrogens is 484 g/mol. The molecule has 1 aromatic rings. The highest BCUT2D eigenvalue weighted by Crippen LogP contribution is 2.50. The predicted octanol–water partition coefficient (Wildman–Crippen LogP) is 4.25. The number of aliphatic hydroxyl groups is 1. The number of rotatable bonds is 7. The molecule has 2 aliphatic heterocycles. The highest BCUT2D eigenvalue weighted by atomic mass is 28.5. The van der Waals surface area contributed by atoms with Crippen molar-refractivity contribution in [3.8, 4) is 5.88 Å². The van der Waals surface area contributed by atoms with Gasteiger partial charge in [-0.25, -0.2) is 4.79 Å². The Morgan fingerprint density at radius 3 is 2.17 bits per heavy atom. The summed E-state index contributed by atoms with van der Waals surface area (Å²) in [5.74, 6) is 0.237. The van der Waals surface area contributed by atoms with Gasteiger partial charge in [-0.1, -0.05) is 55.4 Å². The van der Waals surface area contributed by atoms with E-state index in [2.05, 4.69) is 60.4 Å². The molecule has 2 fully saturated rings. The molecule has 11 heteroatoms. The average Bonchev–Trinajstić information content (AvgIpc) is 2.97. The lowest BCUT2D eigenvalue weighted by molar-refractivity contribution is -0.0974. The molecule has 0 unspecified atom stereocenters. The lowest BCUT2D eigenvalue weighted by Crippen LogP contribution is -2.66. The molecule has 0 radical (unpaired) electrons. The fourth-order valence-electron chi connectivity index (χ4n) is 5.49. The molecule has 0 bridgehead atoms. The largest absolute Gasteiger partial charge is 0.478 e. The molecular formula is C24H44N2O7Si2. The molecule has 0 aromatic carbocycles. The summed E-state index contributed by atoms with van der Waals surface area (Å²) >= 11 is 0. The Balaban J connectivity index is 2.10. The first-order valence-corrected chi connectivity index (χ1v) is 16.8. The zero-order chi connectivity index (χ0) is 26.3. The minimum Gasteiger partial charge on any atom is -0.478 e. The Hall–Kier alpha value is -1.09. The van der Waals surface area contributed by atoms with Gasteiger partial charge in [0.1, 0.15) is 17.8 Å². The normalized spacial score (nSPS) is 30.5. The quantitative estimate of drug-likeness (QED) is 0.524. The van der Waals surface area contributed by atoms with Crippen molar-refractivity contribution in [2.24, 2.45) is 0 Å². The minimum absolute atomic E-state index is 0.110. The third-order valence-corrected chi connectivity index (χ3v) is 17.6. The summed E-state index contributed by atoms with van der Waals surface area (Å²) in [5, 5.41) is 11.8. The van der Waals surface area contributed by atoms with Crippen molar-refractivity contribution in [2.45, 2.75) is 115 Å². The van der Waals surface area contributed by atoms with Crippen molar-refractivity contribution < 1.29 is 27.5 Å². The van der Waals surface area contributed by atoms with Crippen LogP contribution in [-0.4, -0.2) is 62.8 Å². The van der Waals surface area contributed by atoms with Crippen LogP contribution in [0.3, 0.4) is 0 Å². The van der Waals surface area contributed by atoms with Crippen LogP contribution in [0.15, 0.2) is 17.1 Å². The van der Waals surface area contributed by atoms with Gasteiger partial charge in [-0.2, -0.15) is 4.98 Å². The van der Waals surface area contributed by atoms with E-state index in [1.54, 1.807) is 19.2 Å². The second-order valence-corrected chi connectivity index (χ2v) is 20.0. The van der Waals surface area contributed by atoms with Crippen LogP contribution in [0.2, 0.25) is 22.2 Å². The molecule has 4 atom stereocenters. The molecule has 3 rings (SSSR count). The minimum atomic E-state index is -2.95. The standard InChI is InChI=1S/C24H44N2O7Si2/c1-11-29-20-12-13-26(23(27)25-20)22-24(10,28)21-19(31-22)14-30-34(15(2)3,16(4)5)33-35(32-21,17(6)7)18(8)9/h12-13,15-19,21-22,28H,11,14H2,1-10H3/t19-,21-,22-,24+/m1/s1. The van der Waals surface area contributed by atoms with Gasteiger partial charge < -0.3 is 27.5 Å². The summed E-state index contributed by atoms with van der Waals surface area (Å²) in [6.07, 6.45) is -0.734. The molecule has 9 nitrogen and oxygen atoms in total. The van der Waals surface area contributed by atoms with Crippen molar-refractivity contribution in [3.05, 3.63) is 22.7 Å². The summed E-state index contributed by atoms with van der Waals surface area (Å²) < 4.78 is 33.9. The van der Waals surface area contributed by atoms with Crippen molar-refractivity contribution in [2.75, 3.05) is 13.2 Å². The van der Waals surface area contributed by atoms with Crippen LogP contribution in [0.4, 0.5) is 0 Å². The monoisotopic (exact) mass is 528 g/mol. The molecule has 200 valence electrons. The van der Waals surface area contributed by atoms with Crippen LogP contribution in [0, 0.1) is 0 Å². The molecule has 0 amide bonds. The van der Waals surface area contributed by atoms with Gasteiger partial charge in [0, 0.05) is 12.3 Å². The van der Waals surface area contributed by atoms with E-state index in [-0.39, 0.29) is 34.7 Å². The number of nitrogens with zero attached hydrogens (tertiary/aromatic N) is 2. The van der Waals surface area contributed by atoms with E-state index < -0.39 is 46.8 Å². The number of hydrogen-bond donors (Lipinski definition) is 1. The molecule has 35 heavy (non-hydrogen) atoms. The molecule has 2 aliphatic rings. The maximum Gasteiger partial charge on any atom is 0.353 e. The van der Waals surface area contributed by atoms with Gasteiger partial charge in [0.2, 0.25) is 5.88 Å². The van der Waals surface area contributed by atoms with Gasteiger partial charge in [0.25, 0.3) is 0 Å². The van der Waals surface area contributed by atoms with Gasteiger partial charge in [0.05, 0.1) is 13.2 Å². The van der Waals surface area contributed by atoms with Gasteiger partial charge >= 0.3 is 22.8 Å². The molecule has 0 saturated carbocycles. The van der Waals surface area contributed by atoms with Crippen molar-refractivity contribution in [1.29, 1.82) is 0 Å². The second kappa shape index (κ2) is 10.3. The van der Waals surface area contributed by atoms with E-state index in [9.17, 15) is 9.90 Å². The highest BCUT2D eigenvalue weighted by molar-refractivity contribution is 6.84. The first kappa shape index (κ1) is 28.5. The zero-order valence-corrected chi connectivity index (χ0v) is 24.9. The number of fused-ring (bicyclic) bond motifs is 1. The van der Waals surface area contributed by atoms with E-state index in [0.29, 0.717) is 6.61 Å². The first-order valence-electron chi connectivity index (χ1n) is 12.8. The van der Waals surface area contributed by atoms with Crippen molar-refractivity contribution in [1.82, 2.24) is 9.55 Å². The van der Waals surface area contributed by atoms with E-state index >= 15 is 0 Å². The number of aromatic nitrogens is 2. The smallest absolute Gasteiger partial charge is 0.353 e. The lowest BCUT2D eigenvalue weighted by atomic mass is 9.96. The molecule has 2 saturated heterocycles. The van der Waals surface area contributed by atoms with Gasteiger partial charge in [0.15, 0.2) is 6.23 Å². The third kappa shape index (κ3) is 4.93. The van der Waals surface area contributed by atoms with Crippen LogP contribution in [0.1, 0.15) is 75.5 Å². The summed E-state index contributed by atoms with van der Waals surface area (Å²) in [4.78, 5) is 16.9. The Morgan fingerprint density at radius 2 is 1.69 bits per heavy atom. The first-order chi connectivity index (χ1) is 16.2. The van der Waals surface area contributed by atoms with Crippen molar-refractivity contribution in [3.63, 3.8) is 0 Å². The number of ether oxygens (including phenoxy) is 2. The van der Waals surface area contributed by atoms with Gasteiger partial charge in [-0.05, 0) is 36.0 Å². The topological polar surface area (TPSA) is 101 Å². The Morgan fingerprint density at radius 1 is 1.11 bits per heavy atom. The Labute approximate surface area is 211 Å². The Bertz CT molecular complexity index is 919. The van der Waals surface area contributed by atoms with E-state index in [0.717, 1.165) is 0 Å². The molecule has 0 spiro atoms. The van der Waals surface area contributed by atoms with Crippen molar-refractivity contribution >= 4 is 17.1 Å². The fraction of sp³-hybridized carbons (Fsp3) is 0.833. The Kier molecular flexibility index (Phi) is 8.42. The van der Waals surface area contributed by atoms with Crippen LogP contribution in [-0.2, 0) is 17.7 Å². The maximum absolute atomic E-state index is 12.9. The average molecular weight is 529 g/mol. The second-order valence-electron chi connectivity index (χ2n) is 11.2. The maximum atomic E-state index is 12.9. The third-order valence-electron chi connectivity index (χ3n) is 7.39. The van der Waals surface area contributed by atoms with Crippen LogP contribution in [0.25, 0.3) is 0 Å². The molecule has 1 aromatic heterocycles. The predicted molar refractivity (Wildman–Crippen MR) is 138 cm³/mol. The fourth-order valence-corrected chi connectivity index (χ4v) is 16.8. The molecule has 0 aliphatic carbocycles. The SMILES string of the molecule is CCOc1ccn([C@@H]2O[C@@H]3CO[Si](C(C)C)(C(C)C)O[Si](C(C)C)(C(C)C)O[C@H]3[C@]2(C)O)c(=O)n1. The summed E-state index contributed by atoms with van der Waals surface area (Å²) in [5.41, 5.74) is -1.46. The van der Waals surface area contributed by atoms with E-state index in [4.69, 9.17) is 22.4 Å². The van der Waals surface area contributed by atoms with Gasteiger partial charge in [-0.3, -0.25) is 4.57 Å². The lowest BCUT2D eigenvalue weighted by Gasteiger charge is -2.52. The summed E-state index contributed by atoms with van der Waals surface area (Å²) in [6, 6.07) is 1.60. The highest BCUT2D eigenvalue weighted by Gasteiger charge is 2.64. The zero-order valence-electron chi connectivity index (χ0n) is 22.9. The van der Waals surface area contributed by atoms with Crippen LogP contribution < -0.4 is 10.4 Å². The molecule has 1 N–H and O–H groups in total.